The smallest absolute Gasteiger partial charge is 0.142 e. The molecule has 0 amide bonds. The van der Waals surface area contributed by atoms with E-state index in [0.717, 1.165) is 11.5 Å². The Kier molecular flexibility index (Phi) is 3.02. The number of hydrogen-bond donors (Lipinski definition) is 0. The van der Waals surface area contributed by atoms with Crippen LogP contribution in [0.3, 0.4) is 0 Å². The molecule has 0 spiro atoms. The Bertz CT molecular complexity index is 148. The van der Waals surface area contributed by atoms with Crippen LogP contribution in [0.4, 0.5) is 0 Å². The summed E-state index contributed by atoms with van der Waals surface area (Å²) in [6.07, 6.45) is 7.02. The van der Waals surface area contributed by atoms with E-state index in [-0.39, 0.29) is 0 Å². The molecule has 0 aromatic rings. The van der Waals surface area contributed by atoms with E-state index in [1.54, 1.807) is 11.8 Å². The maximum atomic E-state index is 5.07. The molecule has 1 unspecified atom stereocenters. The van der Waals surface area contributed by atoms with E-state index in [1.165, 1.54) is 0 Å². The summed E-state index contributed by atoms with van der Waals surface area (Å²) in [7, 11) is 0. The van der Waals surface area contributed by atoms with Crippen LogP contribution in [0, 0.1) is 12.3 Å². The van der Waals surface area contributed by atoms with Crippen LogP contribution < -0.4 is 0 Å². The Balaban J connectivity index is 2.14. The third-order valence-corrected chi connectivity index (χ3v) is 3.15. The van der Waals surface area contributed by atoms with Crippen LogP contribution in [0.15, 0.2) is 4.99 Å². The van der Waals surface area contributed by atoms with E-state index in [9.17, 15) is 0 Å². The minimum atomic E-state index is 0.376. The number of aliphatic imine (C=N–C) groups is 1. The van der Waals surface area contributed by atoms with Crippen LogP contribution in [-0.4, -0.2) is 22.4 Å². The zero-order valence-electron chi connectivity index (χ0n) is 4.91. The highest BCUT2D eigenvalue weighted by atomic mass is 32.2. The lowest BCUT2D eigenvalue weighted by Gasteiger charge is -1.99. The fourth-order valence-corrected chi connectivity index (χ4v) is 2.25. The Hall–Kier alpha value is -0.0700. The molecule has 1 aliphatic heterocycles. The van der Waals surface area contributed by atoms with Gasteiger partial charge in [-0.3, -0.25) is 4.99 Å². The van der Waals surface area contributed by atoms with Gasteiger partial charge in [0.1, 0.15) is 4.71 Å². The fourth-order valence-electron chi connectivity index (χ4n) is 0.508. The quantitative estimate of drug-likeness (QED) is 0.563. The summed E-state index contributed by atoms with van der Waals surface area (Å²) in [5, 5.41) is 0. The predicted molar refractivity (Wildman–Crippen MR) is 46.0 cm³/mol. The molecule has 1 rings (SSSR count). The summed E-state index contributed by atoms with van der Waals surface area (Å²) in [5.41, 5.74) is 0. The summed E-state index contributed by atoms with van der Waals surface area (Å²) < 4.78 is 0.376. The normalized spacial score (nSPS) is 24.1. The summed E-state index contributed by atoms with van der Waals surface area (Å²) in [4.78, 5) is 4.18. The second-order valence-corrected chi connectivity index (χ2v) is 3.97. The van der Waals surface area contributed by atoms with E-state index in [2.05, 4.69) is 10.9 Å². The zero-order valence-corrected chi connectivity index (χ0v) is 6.54. The van der Waals surface area contributed by atoms with Crippen LogP contribution >= 0.6 is 23.5 Å². The van der Waals surface area contributed by atoms with E-state index in [1.807, 2.05) is 18.0 Å². The number of thioether (sulfide) groups is 2. The van der Waals surface area contributed by atoms with Crippen molar-refractivity contribution in [2.45, 2.75) is 4.71 Å². The molecule has 48 valence electrons. The Morgan fingerprint density at radius 2 is 2.89 bits per heavy atom. The molecule has 1 aliphatic rings. The summed E-state index contributed by atoms with van der Waals surface area (Å²) in [6.45, 7) is 0. The first-order chi connectivity index (χ1) is 4.43. The predicted octanol–water partition coefficient (Wildman–Crippen LogP) is 1.45. The lowest BCUT2D eigenvalue weighted by atomic mass is 10.8. The van der Waals surface area contributed by atoms with Gasteiger partial charge >= 0.3 is 0 Å². The third kappa shape index (κ3) is 2.33. The lowest BCUT2D eigenvalue weighted by molar-refractivity contribution is 1.34. The first kappa shape index (κ1) is 7.04. The first-order valence-electron chi connectivity index (χ1n) is 2.62. The lowest BCUT2D eigenvalue weighted by Crippen LogP contribution is -1.86. The van der Waals surface area contributed by atoms with Gasteiger partial charge in [-0.15, -0.1) is 29.9 Å². The number of rotatable bonds is 2. The van der Waals surface area contributed by atoms with Crippen molar-refractivity contribution < 1.29 is 0 Å². The molecule has 0 aliphatic carbocycles. The van der Waals surface area contributed by atoms with Crippen LogP contribution in [0.5, 0.6) is 0 Å². The van der Waals surface area contributed by atoms with Gasteiger partial charge in [-0.05, 0) is 0 Å². The van der Waals surface area contributed by atoms with Gasteiger partial charge in [0.25, 0.3) is 0 Å². The van der Waals surface area contributed by atoms with Crippen molar-refractivity contribution in [2.24, 2.45) is 4.99 Å². The molecule has 3 heteroatoms. The number of hydrogen-bond acceptors (Lipinski definition) is 3. The number of nitrogens with zero attached hydrogens (tertiary/aromatic N) is 1. The minimum absolute atomic E-state index is 0.376. The average molecular weight is 157 g/mol. The van der Waals surface area contributed by atoms with Gasteiger partial charge in [0.05, 0.1) is 5.75 Å². The van der Waals surface area contributed by atoms with E-state index in [4.69, 9.17) is 6.42 Å². The second-order valence-electron chi connectivity index (χ2n) is 1.49. The average Bonchev–Trinajstić information content (AvgIpc) is 2.34. The highest BCUT2D eigenvalue weighted by Gasteiger charge is 2.08. The Morgan fingerprint density at radius 3 is 3.44 bits per heavy atom. The van der Waals surface area contributed by atoms with Gasteiger partial charge < -0.3 is 0 Å². The Morgan fingerprint density at radius 1 is 2.00 bits per heavy atom. The van der Waals surface area contributed by atoms with Gasteiger partial charge in [-0.2, -0.15) is 0 Å². The molecule has 1 atom stereocenters. The molecule has 0 saturated carbocycles. The fraction of sp³-hybridized carbons (Fsp3) is 0.500. The third-order valence-electron chi connectivity index (χ3n) is 0.850. The van der Waals surface area contributed by atoms with Gasteiger partial charge in [0.2, 0.25) is 0 Å². The van der Waals surface area contributed by atoms with E-state index < -0.39 is 0 Å². The van der Waals surface area contributed by atoms with Crippen molar-refractivity contribution in [3.8, 4) is 12.3 Å². The van der Waals surface area contributed by atoms with Crippen LogP contribution in [0.1, 0.15) is 0 Å². The van der Waals surface area contributed by atoms with Crippen molar-refractivity contribution in [2.75, 3.05) is 11.5 Å². The maximum absolute atomic E-state index is 5.07. The first-order valence-corrected chi connectivity index (χ1v) is 4.71. The van der Waals surface area contributed by atoms with Crippen LogP contribution in [-0.2, 0) is 0 Å². The van der Waals surface area contributed by atoms with Crippen molar-refractivity contribution in [1.29, 1.82) is 0 Å². The topological polar surface area (TPSA) is 12.4 Å². The standard InChI is InChI=1S/C6H7NS2/c1-2-4-8-6-7-3-5-9-6/h1,3,6H,4-5H2. The molecule has 9 heavy (non-hydrogen) atoms. The molecule has 1 nitrogen and oxygen atoms in total. The summed E-state index contributed by atoms with van der Waals surface area (Å²) in [5.74, 6) is 4.39. The molecule has 0 saturated heterocycles. The van der Waals surface area contributed by atoms with Crippen molar-refractivity contribution in [3.05, 3.63) is 0 Å². The molecular weight excluding hydrogens is 150 g/mol. The molecule has 1 heterocycles. The van der Waals surface area contributed by atoms with Gasteiger partial charge in [-0.25, -0.2) is 0 Å². The summed E-state index contributed by atoms with van der Waals surface area (Å²) in [6, 6.07) is 0. The van der Waals surface area contributed by atoms with Crippen LogP contribution in [0.25, 0.3) is 0 Å². The van der Waals surface area contributed by atoms with Crippen molar-refractivity contribution in [1.82, 2.24) is 0 Å². The Labute approximate surface area is 63.7 Å². The monoisotopic (exact) mass is 157 g/mol. The molecule has 0 aromatic heterocycles. The molecule has 0 aromatic carbocycles. The minimum Gasteiger partial charge on any atom is -0.271 e. The highest BCUT2D eigenvalue weighted by Crippen LogP contribution is 2.27. The molecule has 0 bridgehead atoms. The van der Waals surface area contributed by atoms with Crippen molar-refractivity contribution >= 4 is 29.7 Å². The maximum Gasteiger partial charge on any atom is 0.142 e. The van der Waals surface area contributed by atoms with Gasteiger partial charge in [0.15, 0.2) is 0 Å². The zero-order chi connectivity index (χ0) is 6.53. The number of terminal acetylenes is 1. The SMILES string of the molecule is C#CCSC1N=CCS1. The summed E-state index contributed by atoms with van der Waals surface area (Å²) >= 11 is 3.54. The highest BCUT2D eigenvalue weighted by molar-refractivity contribution is 8.17. The van der Waals surface area contributed by atoms with Gasteiger partial charge in [0, 0.05) is 12.0 Å². The van der Waals surface area contributed by atoms with Gasteiger partial charge in [-0.1, -0.05) is 5.92 Å². The van der Waals surface area contributed by atoms with E-state index >= 15 is 0 Å². The largest absolute Gasteiger partial charge is 0.271 e. The molecular formula is C6H7NS2. The second kappa shape index (κ2) is 3.86. The molecule has 0 N–H and O–H groups in total. The molecule has 0 radical (unpaired) electrons. The van der Waals surface area contributed by atoms with Crippen LogP contribution in [0.2, 0.25) is 0 Å². The van der Waals surface area contributed by atoms with Crippen molar-refractivity contribution in [3.63, 3.8) is 0 Å². The molecule has 0 fully saturated rings. The van der Waals surface area contributed by atoms with E-state index in [0.29, 0.717) is 4.71 Å².